The number of hydrogen-bond acceptors (Lipinski definition) is 5. The topological polar surface area (TPSA) is 85.3 Å². The van der Waals surface area contributed by atoms with Gasteiger partial charge in [-0.2, -0.15) is 15.0 Å². The average Bonchev–Trinajstić information content (AvgIpc) is 3.59. The van der Waals surface area contributed by atoms with Gasteiger partial charge in [0.05, 0.1) is 25.5 Å². The Bertz CT molecular complexity index is 1530. The van der Waals surface area contributed by atoms with Gasteiger partial charge in [0, 0.05) is 34.6 Å². The number of aromatic nitrogens is 4. The molecule has 3 aromatic carbocycles. The number of para-hydroxylation sites is 1. The Morgan fingerprint density at radius 1 is 1.00 bits per heavy atom. The molecule has 1 aliphatic heterocycles. The van der Waals surface area contributed by atoms with E-state index in [1.165, 1.54) is 5.56 Å². The first-order chi connectivity index (χ1) is 18.7. The van der Waals surface area contributed by atoms with Gasteiger partial charge in [-0.05, 0) is 60.0 Å². The molecule has 8 nitrogen and oxygen atoms in total. The van der Waals surface area contributed by atoms with Gasteiger partial charge >= 0.3 is 6.09 Å². The summed E-state index contributed by atoms with van der Waals surface area (Å²) in [4.78, 5) is 20.4. The number of amides is 1. The maximum absolute atomic E-state index is 13.4. The number of halogens is 1. The summed E-state index contributed by atoms with van der Waals surface area (Å²) in [6, 6.07) is 22.5. The van der Waals surface area contributed by atoms with Crippen molar-refractivity contribution in [3.63, 3.8) is 0 Å². The summed E-state index contributed by atoms with van der Waals surface area (Å²) >= 11 is 6.32. The number of rotatable bonds is 7. The third-order valence-corrected chi connectivity index (χ3v) is 6.94. The van der Waals surface area contributed by atoms with Crippen LogP contribution in [0.25, 0.3) is 10.9 Å². The molecule has 38 heavy (non-hydrogen) atoms. The van der Waals surface area contributed by atoms with E-state index in [0.29, 0.717) is 36.9 Å². The van der Waals surface area contributed by atoms with E-state index in [4.69, 9.17) is 21.1 Å². The van der Waals surface area contributed by atoms with E-state index in [1.54, 1.807) is 34.2 Å². The van der Waals surface area contributed by atoms with Crippen molar-refractivity contribution in [1.29, 1.82) is 0 Å². The van der Waals surface area contributed by atoms with Gasteiger partial charge in [-0.15, -0.1) is 0 Å². The summed E-state index contributed by atoms with van der Waals surface area (Å²) in [6.45, 7) is 1.76. The van der Waals surface area contributed by atoms with Crippen molar-refractivity contribution >= 4 is 28.6 Å². The van der Waals surface area contributed by atoms with E-state index in [1.807, 2.05) is 60.7 Å². The summed E-state index contributed by atoms with van der Waals surface area (Å²) in [6.07, 6.45) is 4.42. The number of fused-ring (bicyclic) bond motifs is 3. The van der Waals surface area contributed by atoms with Crippen LogP contribution >= 0.6 is 11.6 Å². The highest BCUT2D eigenvalue weighted by Crippen LogP contribution is 2.40. The van der Waals surface area contributed by atoms with Crippen LogP contribution in [0.3, 0.4) is 0 Å². The minimum Gasteiger partial charge on any atom is -0.494 e. The zero-order chi connectivity index (χ0) is 25.9. The third kappa shape index (κ3) is 4.95. The fraction of sp³-hybridized carbons (Fsp3) is 0.207. The molecule has 3 heterocycles. The molecular weight excluding hydrogens is 502 g/mol. The molecule has 9 heteroatoms. The van der Waals surface area contributed by atoms with Gasteiger partial charge in [-0.1, -0.05) is 41.9 Å². The number of carbonyl (C=O) groups is 1. The van der Waals surface area contributed by atoms with Crippen molar-refractivity contribution in [2.24, 2.45) is 0 Å². The maximum atomic E-state index is 13.4. The molecule has 1 N–H and O–H groups in total. The van der Waals surface area contributed by atoms with Crippen LogP contribution in [0.5, 0.6) is 11.5 Å². The normalized spacial score (nSPS) is 14.9. The van der Waals surface area contributed by atoms with Crippen molar-refractivity contribution in [2.45, 2.75) is 25.4 Å². The SMILES string of the molecule is O=C(Oc1ccccc1)N1CCc2c([nH]c3ccc(Cl)cc23)C1c1ccc(OCCCn2nccn2)cc1. The second-order valence-corrected chi connectivity index (χ2v) is 9.57. The largest absolute Gasteiger partial charge is 0.494 e. The van der Waals surface area contributed by atoms with Crippen molar-refractivity contribution in [3.8, 4) is 11.5 Å². The van der Waals surface area contributed by atoms with Crippen LogP contribution in [0.15, 0.2) is 85.2 Å². The first kappa shape index (κ1) is 24.1. The molecule has 1 aliphatic rings. The standard InChI is InChI=1S/C29H26ClN5O3/c30-21-9-12-26-25(19-21)24-13-17-34(29(36)38-23-5-2-1-3-6-23)28(27(24)33-26)20-7-10-22(11-8-20)37-18-4-16-35-31-14-15-32-35/h1-3,5-12,14-15,19,28,33H,4,13,16-18H2. The van der Waals surface area contributed by atoms with Crippen LogP contribution < -0.4 is 9.47 Å². The highest BCUT2D eigenvalue weighted by Gasteiger charge is 2.35. The summed E-state index contributed by atoms with van der Waals surface area (Å²) in [5, 5.41) is 9.99. The molecule has 0 aliphatic carbocycles. The van der Waals surface area contributed by atoms with Gasteiger partial charge < -0.3 is 14.5 Å². The zero-order valence-corrected chi connectivity index (χ0v) is 21.3. The van der Waals surface area contributed by atoms with Gasteiger partial charge in [0.2, 0.25) is 0 Å². The number of aromatic amines is 1. The van der Waals surface area contributed by atoms with Crippen LogP contribution in [0.2, 0.25) is 5.02 Å². The lowest BCUT2D eigenvalue weighted by Crippen LogP contribution is -2.42. The second kappa shape index (κ2) is 10.6. The predicted molar refractivity (Wildman–Crippen MR) is 145 cm³/mol. The number of nitrogens with zero attached hydrogens (tertiary/aromatic N) is 4. The van der Waals surface area contributed by atoms with Crippen molar-refractivity contribution < 1.29 is 14.3 Å². The number of aryl methyl sites for hydroxylation is 1. The first-order valence-corrected chi connectivity index (χ1v) is 12.9. The Balaban J connectivity index is 1.26. The van der Waals surface area contributed by atoms with Crippen molar-refractivity contribution in [3.05, 3.63) is 107 Å². The molecule has 0 radical (unpaired) electrons. The highest BCUT2D eigenvalue weighted by molar-refractivity contribution is 6.31. The van der Waals surface area contributed by atoms with Crippen molar-refractivity contribution in [2.75, 3.05) is 13.2 Å². The van der Waals surface area contributed by atoms with Gasteiger partial charge in [-0.3, -0.25) is 4.90 Å². The van der Waals surface area contributed by atoms with Gasteiger partial charge in [0.25, 0.3) is 0 Å². The molecule has 1 amide bonds. The molecule has 0 saturated heterocycles. The molecule has 6 rings (SSSR count). The molecule has 0 fully saturated rings. The number of benzene rings is 3. The minimum absolute atomic E-state index is 0.346. The van der Waals surface area contributed by atoms with Gasteiger partial charge in [0.1, 0.15) is 17.5 Å². The Hall–Kier alpha value is -4.30. The fourth-order valence-electron chi connectivity index (χ4n) is 4.95. The Labute approximate surface area is 224 Å². The smallest absolute Gasteiger partial charge is 0.416 e. The van der Waals surface area contributed by atoms with E-state index < -0.39 is 6.09 Å². The Kier molecular flexibility index (Phi) is 6.71. The summed E-state index contributed by atoms with van der Waals surface area (Å²) in [5.41, 5.74) is 4.10. The summed E-state index contributed by atoms with van der Waals surface area (Å²) in [5.74, 6) is 1.28. The average molecular weight is 528 g/mol. The maximum Gasteiger partial charge on any atom is 0.416 e. The Morgan fingerprint density at radius 2 is 1.79 bits per heavy atom. The summed E-state index contributed by atoms with van der Waals surface area (Å²) < 4.78 is 11.7. The molecule has 1 atom stereocenters. The minimum atomic E-state index is -0.393. The molecular formula is C29H26ClN5O3. The van der Waals surface area contributed by atoms with Crippen LogP contribution in [0, 0.1) is 0 Å². The summed E-state index contributed by atoms with van der Waals surface area (Å²) in [7, 11) is 0. The lowest BCUT2D eigenvalue weighted by atomic mass is 9.92. The predicted octanol–water partition coefficient (Wildman–Crippen LogP) is 6.03. The number of hydrogen-bond donors (Lipinski definition) is 1. The molecule has 0 spiro atoms. The number of nitrogens with one attached hydrogen (secondary N) is 1. The number of carbonyl (C=O) groups excluding carboxylic acids is 1. The quantitative estimate of drug-likeness (QED) is 0.261. The highest BCUT2D eigenvalue weighted by atomic mass is 35.5. The van der Waals surface area contributed by atoms with Crippen LogP contribution in [0.1, 0.15) is 29.3 Å². The second-order valence-electron chi connectivity index (χ2n) is 9.13. The van der Waals surface area contributed by atoms with E-state index in [0.717, 1.165) is 34.3 Å². The molecule has 0 saturated carbocycles. The van der Waals surface area contributed by atoms with Gasteiger partial charge in [-0.25, -0.2) is 4.79 Å². The Morgan fingerprint density at radius 3 is 2.58 bits per heavy atom. The van der Waals surface area contributed by atoms with Crippen LogP contribution in [0.4, 0.5) is 4.79 Å². The lowest BCUT2D eigenvalue weighted by Gasteiger charge is -2.35. The number of H-pyrrole nitrogens is 1. The third-order valence-electron chi connectivity index (χ3n) is 6.71. The molecule has 0 bridgehead atoms. The first-order valence-electron chi connectivity index (χ1n) is 12.6. The molecule has 192 valence electrons. The molecule has 5 aromatic rings. The van der Waals surface area contributed by atoms with Gasteiger partial charge in [0.15, 0.2) is 0 Å². The lowest BCUT2D eigenvalue weighted by molar-refractivity contribution is 0.135. The molecule has 2 aromatic heterocycles. The van der Waals surface area contributed by atoms with Crippen LogP contribution in [-0.4, -0.2) is 44.1 Å². The van der Waals surface area contributed by atoms with E-state index >= 15 is 0 Å². The van der Waals surface area contributed by atoms with Crippen LogP contribution in [-0.2, 0) is 13.0 Å². The van der Waals surface area contributed by atoms with Crippen molar-refractivity contribution in [1.82, 2.24) is 24.9 Å². The van der Waals surface area contributed by atoms with E-state index in [9.17, 15) is 4.79 Å². The zero-order valence-electron chi connectivity index (χ0n) is 20.6. The van der Waals surface area contributed by atoms with E-state index in [-0.39, 0.29) is 6.04 Å². The number of ether oxygens (including phenoxy) is 2. The molecule has 1 unspecified atom stereocenters. The monoisotopic (exact) mass is 527 g/mol. The fourth-order valence-corrected chi connectivity index (χ4v) is 5.13. The van der Waals surface area contributed by atoms with E-state index in [2.05, 4.69) is 15.2 Å².